The topological polar surface area (TPSA) is 50.2 Å². The number of hydrogen-bond acceptors (Lipinski definition) is 3. The Bertz CT molecular complexity index is 705. The third-order valence-electron chi connectivity index (χ3n) is 3.53. The van der Waals surface area contributed by atoms with Crippen molar-refractivity contribution in [1.29, 1.82) is 0 Å². The first kappa shape index (κ1) is 17.8. The van der Waals surface area contributed by atoms with Crippen LogP contribution in [0.2, 0.25) is 0 Å². The average molecular weight is 340 g/mol. The highest BCUT2D eigenvalue weighted by atomic mass is 19.4. The van der Waals surface area contributed by atoms with Crippen LogP contribution in [0.4, 0.5) is 18.9 Å². The highest BCUT2D eigenvalue weighted by Crippen LogP contribution is 2.28. The molecule has 5 nitrogen and oxygen atoms in total. The fourth-order valence-electron chi connectivity index (χ4n) is 2.16. The Morgan fingerprint density at radius 3 is 2.38 bits per heavy atom. The van der Waals surface area contributed by atoms with Crippen molar-refractivity contribution in [2.24, 2.45) is 0 Å². The molecule has 24 heavy (non-hydrogen) atoms. The van der Waals surface area contributed by atoms with Gasteiger partial charge in [0.05, 0.1) is 6.54 Å². The zero-order valence-corrected chi connectivity index (χ0v) is 13.7. The Balaban J connectivity index is 1.92. The predicted molar refractivity (Wildman–Crippen MR) is 85.1 cm³/mol. The van der Waals surface area contributed by atoms with Gasteiger partial charge in [0.2, 0.25) is 0 Å². The first-order chi connectivity index (χ1) is 11.2. The molecule has 0 atom stereocenters. The Morgan fingerprint density at radius 1 is 1.25 bits per heavy atom. The first-order valence-electron chi connectivity index (χ1n) is 7.35. The average Bonchev–Trinajstić information content (AvgIpc) is 2.88. The Morgan fingerprint density at radius 2 is 1.88 bits per heavy atom. The van der Waals surface area contributed by atoms with Crippen molar-refractivity contribution in [1.82, 2.24) is 15.1 Å². The van der Waals surface area contributed by atoms with E-state index in [0.29, 0.717) is 11.3 Å². The molecule has 1 amide bonds. The molecule has 0 bridgehead atoms. The van der Waals surface area contributed by atoms with E-state index in [2.05, 4.69) is 10.4 Å². The number of amides is 1. The van der Waals surface area contributed by atoms with E-state index in [9.17, 15) is 18.0 Å². The Labute approximate surface area is 138 Å². The third-order valence-corrected chi connectivity index (χ3v) is 3.53. The van der Waals surface area contributed by atoms with Crippen molar-refractivity contribution in [2.75, 3.05) is 25.5 Å². The summed E-state index contributed by atoms with van der Waals surface area (Å²) in [5, 5.41) is 6.19. The van der Waals surface area contributed by atoms with Crippen molar-refractivity contribution < 1.29 is 18.0 Å². The SMILES string of the molecule is Cc1cc(C(F)(F)F)nn1CCNC(=O)c1ccc(N(C)C)cc1. The number of alkyl halides is 3. The number of halogens is 3. The molecule has 2 rings (SSSR count). The third kappa shape index (κ3) is 4.27. The van der Waals surface area contributed by atoms with E-state index < -0.39 is 11.9 Å². The molecule has 0 saturated carbocycles. The summed E-state index contributed by atoms with van der Waals surface area (Å²) in [7, 11) is 3.80. The van der Waals surface area contributed by atoms with E-state index in [-0.39, 0.29) is 19.0 Å². The molecule has 1 N–H and O–H groups in total. The van der Waals surface area contributed by atoms with Crippen molar-refractivity contribution in [2.45, 2.75) is 19.6 Å². The lowest BCUT2D eigenvalue weighted by Gasteiger charge is -2.12. The predicted octanol–water partition coefficient (Wildman–Crippen LogP) is 2.71. The van der Waals surface area contributed by atoms with E-state index in [1.807, 2.05) is 31.1 Å². The van der Waals surface area contributed by atoms with Crippen LogP contribution in [-0.4, -0.2) is 36.3 Å². The normalized spacial score (nSPS) is 11.4. The Kier molecular flexibility index (Phi) is 5.16. The van der Waals surface area contributed by atoms with Crippen LogP contribution in [0.15, 0.2) is 30.3 Å². The van der Waals surface area contributed by atoms with Crippen molar-refractivity contribution >= 4 is 11.6 Å². The zero-order valence-electron chi connectivity index (χ0n) is 13.7. The van der Waals surface area contributed by atoms with Crippen LogP contribution in [-0.2, 0) is 12.7 Å². The lowest BCUT2D eigenvalue weighted by molar-refractivity contribution is -0.141. The summed E-state index contributed by atoms with van der Waals surface area (Å²) >= 11 is 0. The molecule has 0 aliphatic carbocycles. The molecule has 1 aromatic heterocycles. The summed E-state index contributed by atoms with van der Waals surface area (Å²) in [5.74, 6) is -0.277. The second-order valence-corrected chi connectivity index (χ2v) is 5.59. The van der Waals surface area contributed by atoms with Crippen LogP contribution in [0.3, 0.4) is 0 Å². The standard InChI is InChI=1S/C16H19F3N4O/c1-11-10-14(16(17,18)19)21-23(11)9-8-20-15(24)12-4-6-13(7-5-12)22(2)3/h4-7,10H,8-9H2,1-3H3,(H,20,24). The van der Waals surface area contributed by atoms with Crippen LogP contribution >= 0.6 is 0 Å². The van der Waals surface area contributed by atoms with E-state index in [4.69, 9.17) is 0 Å². The summed E-state index contributed by atoms with van der Waals surface area (Å²) in [6.45, 7) is 1.90. The van der Waals surface area contributed by atoms with Gasteiger partial charge in [-0.3, -0.25) is 9.48 Å². The molecule has 1 heterocycles. The molecule has 2 aromatic rings. The van der Waals surface area contributed by atoms with Gasteiger partial charge in [0.25, 0.3) is 5.91 Å². The number of hydrogen-bond donors (Lipinski definition) is 1. The minimum Gasteiger partial charge on any atom is -0.378 e. The largest absolute Gasteiger partial charge is 0.435 e. The van der Waals surface area contributed by atoms with Crippen molar-refractivity contribution in [3.8, 4) is 0 Å². The van der Waals surface area contributed by atoms with Gasteiger partial charge in [0.15, 0.2) is 5.69 Å². The second kappa shape index (κ2) is 6.94. The van der Waals surface area contributed by atoms with E-state index in [1.165, 1.54) is 4.68 Å². The van der Waals surface area contributed by atoms with Gasteiger partial charge in [-0.1, -0.05) is 0 Å². The maximum Gasteiger partial charge on any atom is 0.435 e. The number of aromatic nitrogens is 2. The van der Waals surface area contributed by atoms with Gasteiger partial charge in [0, 0.05) is 37.6 Å². The number of aryl methyl sites for hydroxylation is 1. The quantitative estimate of drug-likeness (QED) is 0.910. The van der Waals surface area contributed by atoms with E-state index in [1.54, 1.807) is 19.1 Å². The van der Waals surface area contributed by atoms with Crippen LogP contribution < -0.4 is 10.2 Å². The minimum atomic E-state index is -4.46. The fraction of sp³-hybridized carbons (Fsp3) is 0.375. The summed E-state index contributed by atoms with van der Waals surface area (Å²) < 4.78 is 39.0. The van der Waals surface area contributed by atoms with Crippen LogP contribution in [0, 0.1) is 6.92 Å². The summed E-state index contributed by atoms with van der Waals surface area (Å²) in [4.78, 5) is 13.9. The molecule has 0 aliphatic heterocycles. The van der Waals surface area contributed by atoms with Crippen LogP contribution in [0.1, 0.15) is 21.7 Å². The van der Waals surface area contributed by atoms with Crippen LogP contribution in [0.25, 0.3) is 0 Å². The Hall–Kier alpha value is -2.51. The monoisotopic (exact) mass is 340 g/mol. The number of nitrogens with zero attached hydrogens (tertiary/aromatic N) is 3. The van der Waals surface area contributed by atoms with Gasteiger partial charge >= 0.3 is 6.18 Å². The van der Waals surface area contributed by atoms with E-state index >= 15 is 0 Å². The summed E-state index contributed by atoms with van der Waals surface area (Å²) in [5.41, 5.74) is 0.935. The number of nitrogens with one attached hydrogen (secondary N) is 1. The molecule has 1 aromatic carbocycles. The molecule has 8 heteroatoms. The van der Waals surface area contributed by atoms with Gasteiger partial charge in [0.1, 0.15) is 0 Å². The summed E-state index contributed by atoms with van der Waals surface area (Å²) in [6.07, 6.45) is -4.46. The summed E-state index contributed by atoms with van der Waals surface area (Å²) in [6, 6.07) is 8.03. The molecule has 0 spiro atoms. The van der Waals surface area contributed by atoms with Gasteiger partial charge in [-0.15, -0.1) is 0 Å². The first-order valence-corrected chi connectivity index (χ1v) is 7.35. The number of carbonyl (C=O) groups excluding carboxylic acids is 1. The van der Waals surface area contributed by atoms with Gasteiger partial charge < -0.3 is 10.2 Å². The smallest absolute Gasteiger partial charge is 0.378 e. The maximum absolute atomic E-state index is 12.6. The maximum atomic E-state index is 12.6. The van der Waals surface area contributed by atoms with E-state index in [0.717, 1.165) is 11.8 Å². The second-order valence-electron chi connectivity index (χ2n) is 5.59. The molecule has 0 saturated heterocycles. The lowest BCUT2D eigenvalue weighted by atomic mass is 10.2. The molecule has 0 unspecified atom stereocenters. The molecule has 0 radical (unpaired) electrons. The van der Waals surface area contributed by atoms with Crippen molar-refractivity contribution in [3.63, 3.8) is 0 Å². The minimum absolute atomic E-state index is 0.170. The number of rotatable bonds is 5. The number of carbonyl (C=O) groups is 1. The molecule has 0 aliphatic rings. The zero-order chi connectivity index (χ0) is 17.9. The van der Waals surface area contributed by atoms with Gasteiger partial charge in [-0.25, -0.2) is 0 Å². The molecular formula is C16H19F3N4O. The van der Waals surface area contributed by atoms with Crippen molar-refractivity contribution in [3.05, 3.63) is 47.3 Å². The fourth-order valence-corrected chi connectivity index (χ4v) is 2.16. The van der Waals surface area contributed by atoms with Crippen LogP contribution in [0.5, 0.6) is 0 Å². The van der Waals surface area contributed by atoms with Gasteiger partial charge in [-0.2, -0.15) is 18.3 Å². The van der Waals surface area contributed by atoms with Gasteiger partial charge in [-0.05, 0) is 37.3 Å². The highest BCUT2D eigenvalue weighted by molar-refractivity contribution is 5.94. The molecule has 0 fully saturated rings. The molecular weight excluding hydrogens is 321 g/mol. The lowest BCUT2D eigenvalue weighted by Crippen LogP contribution is -2.28. The number of benzene rings is 1. The highest BCUT2D eigenvalue weighted by Gasteiger charge is 2.34. The molecule has 130 valence electrons. The number of anilines is 1.